The van der Waals surface area contributed by atoms with Crippen molar-refractivity contribution in [3.63, 3.8) is 0 Å². The number of benzene rings is 9. The van der Waals surface area contributed by atoms with Crippen LogP contribution in [-0.4, -0.2) is 28.7 Å². The van der Waals surface area contributed by atoms with Crippen molar-refractivity contribution in [1.82, 2.24) is 28.7 Å². The molecule has 0 unspecified atom stereocenters. The topological polar surface area (TPSA) is 53.5 Å². The average molecular weight is 805 g/mol. The third-order valence-corrected chi connectivity index (χ3v) is 12.5. The van der Waals surface area contributed by atoms with Gasteiger partial charge < -0.3 is 13.7 Å². The lowest BCUT2D eigenvalue weighted by Gasteiger charge is -2.11. The number of fused-ring (bicyclic) bond motifs is 9. The maximum atomic E-state index is 5.13. The molecular formula is C57H36N6. The highest BCUT2D eigenvalue weighted by Gasteiger charge is 2.20. The van der Waals surface area contributed by atoms with E-state index in [2.05, 4.69) is 196 Å². The molecule has 0 spiro atoms. The Hall–Kier alpha value is -8.61. The van der Waals surface area contributed by atoms with E-state index in [9.17, 15) is 0 Å². The maximum Gasteiger partial charge on any atom is 0.164 e. The fourth-order valence-electron chi connectivity index (χ4n) is 9.66. The smallest absolute Gasteiger partial charge is 0.164 e. The fraction of sp³-hybridized carbons (Fsp3) is 0. The van der Waals surface area contributed by atoms with Crippen LogP contribution in [0.4, 0.5) is 0 Å². The van der Waals surface area contributed by atoms with Gasteiger partial charge in [-0.25, -0.2) is 15.0 Å². The molecule has 0 aliphatic carbocycles. The number of para-hydroxylation sites is 4. The van der Waals surface area contributed by atoms with Gasteiger partial charge in [-0.05, 0) is 84.9 Å². The van der Waals surface area contributed by atoms with Gasteiger partial charge in [0.05, 0.1) is 33.1 Å². The van der Waals surface area contributed by atoms with Crippen LogP contribution in [0.2, 0.25) is 0 Å². The van der Waals surface area contributed by atoms with Gasteiger partial charge in [0.15, 0.2) is 17.5 Å². The summed E-state index contributed by atoms with van der Waals surface area (Å²) in [7, 11) is 0. The van der Waals surface area contributed by atoms with Crippen LogP contribution >= 0.6 is 0 Å². The van der Waals surface area contributed by atoms with Crippen molar-refractivity contribution in [1.29, 1.82) is 0 Å². The quantitative estimate of drug-likeness (QED) is 0.168. The van der Waals surface area contributed by atoms with Gasteiger partial charge >= 0.3 is 0 Å². The average Bonchev–Trinajstić information content (AvgIpc) is 3.99. The Bertz CT molecular complexity index is 3790. The lowest BCUT2D eigenvalue weighted by molar-refractivity contribution is 1.07. The van der Waals surface area contributed by atoms with Gasteiger partial charge in [0.1, 0.15) is 0 Å². The number of rotatable bonds is 6. The molecule has 0 amide bonds. The van der Waals surface area contributed by atoms with Crippen molar-refractivity contribution < 1.29 is 0 Å². The number of aromatic nitrogens is 6. The second-order valence-corrected chi connectivity index (χ2v) is 16.1. The molecule has 13 aromatic rings. The molecule has 0 radical (unpaired) electrons. The third kappa shape index (κ3) is 5.55. The van der Waals surface area contributed by atoms with Crippen molar-refractivity contribution in [2.45, 2.75) is 0 Å². The summed E-state index contributed by atoms with van der Waals surface area (Å²) in [6, 6.07) is 77.5. The molecule has 0 N–H and O–H groups in total. The van der Waals surface area contributed by atoms with Gasteiger partial charge in [0.2, 0.25) is 0 Å². The molecule has 63 heavy (non-hydrogen) atoms. The normalized spacial score (nSPS) is 11.8. The summed E-state index contributed by atoms with van der Waals surface area (Å²) in [6.45, 7) is 0. The Morgan fingerprint density at radius 3 is 1.05 bits per heavy atom. The van der Waals surface area contributed by atoms with E-state index < -0.39 is 0 Å². The molecule has 4 heterocycles. The molecular weight excluding hydrogens is 769 g/mol. The first-order valence-corrected chi connectivity index (χ1v) is 21.3. The van der Waals surface area contributed by atoms with Crippen LogP contribution in [0, 0.1) is 0 Å². The summed E-state index contributed by atoms with van der Waals surface area (Å²) in [4.78, 5) is 15.2. The molecule has 4 aromatic heterocycles. The largest absolute Gasteiger partial charge is 0.309 e. The summed E-state index contributed by atoms with van der Waals surface area (Å²) >= 11 is 0. The Balaban J connectivity index is 1.08. The van der Waals surface area contributed by atoms with E-state index in [0.717, 1.165) is 55.6 Å². The van der Waals surface area contributed by atoms with Gasteiger partial charge in [-0.15, -0.1) is 0 Å². The minimum absolute atomic E-state index is 0.624. The van der Waals surface area contributed by atoms with E-state index in [1.165, 1.54) is 43.6 Å². The Labute approximate surface area is 362 Å². The second kappa shape index (κ2) is 14.0. The summed E-state index contributed by atoms with van der Waals surface area (Å²) < 4.78 is 7.18. The van der Waals surface area contributed by atoms with Crippen LogP contribution in [0.3, 0.4) is 0 Å². The van der Waals surface area contributed by atoms with Gasteiger partial charge in [0.25, 0.3) is 0 Å². The summed E-state index contributed by atoms with van der Waals surface area (Å²) in [5, 5.41) is 7.14. The summed E-state index contributed by atoms with van der Waals surface area (Å²) in [5.74, 6) is 1.90. The predicted molar refractivity (Wildman–Crippen MR) is 259 cm³/mol. The highest BCUT2D eigenvalue weighted by atomic mass is 15.0. The molecule has 0 aliphatic heterocycles. The Morgan fingerprint density at radius 2 is 0.556 bits per heavy atom. The van der Waals surface area contributed by atoms with Gasteiger partial charge in [0, 0.05) is 66.1 Å². The molecule has 6 heteroatoms. The van der Waals surface area contributed by atoms with Gasteiger partial charge in [-0.2, -0.15) is 0 Å². The third-order valence-electron chi connectivity index (χ3n) is 12.5. The zero-order chi connectivity index (χ0) is 41.4. The highest BCUT2D eigenvalue weighted by Crippen LogP contribution is 2.40. The summed E-state index contributed by atoms with van der Waals surface area (Å²) in [5.41, 5.74) is 13.0. The Kier molecular flexibility index (Phi) is 7.80. The molecule has 0 aliphatic rings. The van der Waals surface area contributed by atoms with Crippen LogP contribution in [0.5, 0.6) is 0 Å². The highest BCUT2D eigenvalue weighted by molar-refractivity contribution is 6.14. The molecule has 9 aromatic carbocycles. The van der Waals surface area contributed by atoms with Crippen LogP contribution in [0.1, 0.15) is 0 Å². The van der Waals surface area contributed by atoms with E-state index in [-0.39, 0.29) is 0 Å². The maximum absolute atomic E-state index is 5.13. The van der Waals surface area contributed by atoms with E-state index in [1.807, 2.05) is 36.4 Å². The van der Waals surface area contributed by atoms with E-state index in [1.54, 1.807) is 0 Å². The molecule has 13 rings (SSSR count). The standard InChI is InChI=1S/C57H36N6/c1-4-16-37(17-5-1)55-58-56(38-18-6-2-7-19-38)60-57(59-55)39-28-31-52-46(34-39)48-36-42(62-49-25-13-10-22-43(49)44-23-11-14-26-50(44)62)30-33-54(48)63(52)41-29-32-53-47(35-41)45-24-12-15-27-51(45)61(53)40-20-8-3-9-21-40/h1-36H. The van der Waals surface area contributed by atoms with E-state index in [0.29, 0.717) is 17.5 Å². The zero-order valence-corrected chi connectivity index (χ0v) is 34.0. The summed E-state index contributed by atoms with van der Waals surface area (Å²) in [6.07, 6.45) is 0. The first-order chi connectivity index (χ1) is 31.2. The number of nitrogens with zero attached hydrogens (tertiary/aromatic N) is 6. The molecule has 0 saturated carbocycles. The van der Waals surface area contributed by atoms with E-state index >= 15 is 0 Å². The minimum atomic E-state index is 0.624. The van der Waals surface area contributed by atoms with Crippen LogP contribution in [0.15, 0.2) is 218 Å². The van der Waals surface area contributed by atoms with Crippen molar-refractivity contribution in [3.05, 3.63) is 218 Å². The monoisotopic (exact) mass is 804 g/mol. The van der Waals surface area contributed by atoms with Crippen molar-refractivity contribution >= 4 is 65.4 Å². The SMILES string of the molecule is c1ccc(-c2nc(-c3ccccc3)nc(-c3ccc4c(c3)c3cc(-n5c6ccccc6c6ccccc65)ccc3n4-c3ccc4c(c3)c3ccccc3n4-c3ccccc3)n2)cc1. The second-order valence-electron chi connectivity index (χ2n) is 16.1. The lowest BCUT2D eigenvalue weighted by Crippen LogP contribution is -2.00. The number of hydrogen-bond donors (Lipinski definition) is 0. The molecule has 6 nitrogen and oxygen atoms in total. The molecule has 0 atom stereocenters. The molecule has 294 valence electrons. The fourth-order valence-corrected chi connectivity index (χ4v) is 9.66. The van der Waals surface area contributed by atoms with Crippen LogP contribution in [-0.2, 0) is 0 Å². The lowest BCUT2D eigenvalue weighted by atomic mass is 10.1. The van der Waals surface area contributed by atoms with Gasteiger partial charge in [-0.1, -0.05) is 133 Å². The first kappa shape index (κ1) is 35.2. The first-order valence-electron chi connectivity index (χ1n) is 21.3. The zero-order valence-electron chi connectivity index (χ0n) is 34.0. The number of hydrogen-bond acceptors (Lipinski definition) is 3. The predicted octanol–water partition coefficient (Wildman–Crippen LogP) is 14.2. The van der Waals surface area contributed by atoms with Gasteiger partial charge in [-0.3, -0.25) is 0 Å². The van der Waals surface area contributed by atoms with Crippen LogP contribution < -0.4 is 0 Å². The van der Waals surface area contributed by atoms with Crippen molar-refractivity contribution in [2.24, 2.45) is 0 Å². The molecule has 0 saturated heterocycles. The Morgan fingerprint density at radius 1 is 0.222 bits per heavy atom. The van der Waals surface area contributed by atoms with Crippen molar-refractivity contribution in [2.75, 3.05) is 0 Å². The van der Waals surface area contributed by atoms with Crippen molar-refractivity contribution in [3.8, 4) is 51.2 Å². The van der Waals surface area contributed by atoms with E-state index in [4.69, 9.17) is 15.0 Å². The molecule has 0 fully saturated rings. The minimum Gasteiger partial charge on any atom is -0.309 e. The van der Waals surface area contributed by atoms with Crippen LogP contribution in [0.25, 0.3) is 117 Å². The molecule has 0 bridgehead atoms.